The van der Waals surface area contributed by atoms with E-state index in [1.54, 1.807) is 13.0 Å². The highest BCUT2D eigenvalue weighted by molar-refractivity contribution is 6.11. The molecule has 2 rings (SSSR count). The molecule has 0 aliphatic carbocycles. The number of imide groups is 1. The molecular weight excluding hydrogens is 240 g/mol. The molecule has 0 aromatic heterocycles. The molecule has 2 amide bonds. The number of nitrogens with zero attached hydrogens (tertiary/aromatic N) is 2. The molecular formula is C15H14N2O2. The Hall–Kier alpha value is -2.41. The maximum atomic E-state index is 12.1. The molecule has 0 bridgehead atoms. The Kier molecular flexibility index (Phi) is 3.48. The van der Waals surface area contributed by atoms with Crippen LogP contribution < -0.4 is 0 Å². The van der Waals surface area contributed by atoms with E-state index in [4.69, 9.17) is 5.26 Å². The van der Waals surface area contributed by atoms with Gasteiger partial charge in [0.05, 0.1) is 6.07 Å². The van der Waals surface area contributed by atoms with Crippen molar-refractivity contribution >= 4 is 17.9 Å². The van der Waals surface area contributed by atoms with Crippen molar-refractivity contribution in [3.05, 3.63) is 41.5 Å². The van der Waals surface area contributed by atoms with Crippen molar-refractivity contribution in [3.63, 3.8) is 0 Å². The molecule has 2 unspecified atom stereocenters. The Balaban J connectivity index is 2.44. The van der Waals surface area contributed by atoms with Crippen molar-refractivity contribution in [1.29, 1.82) is 5.26 Å². The Morgan fingerprint density at radius 3 is 2.47 bits per heavy atom. The number of carbonyl (C=O) groups is 2. The van der Waals surface area contributed by atoms with Gasteiger partial charge in [-0.2, -0.15) is 5.26 Å². The molecule has 1 aromatic rings. The zero-order chi connectivity index (χ0) is 14.0. The van der Waals surface area contributed by atoms with Crippen LogP contribution in [0.3, 0.4) is 0 Å². The van der Waals surface area contributed by atoms with Crippen LogP contribution in [0.4, 0.5) is 0 Å². The first kappa shape index (κ1) is 13.0. The summed E-state index contributed by atoms with van der Waals surface area (Å²) >= 11 is 0. The van der Waals surface area contributed by atoms with Crippen LogP contribution in [0.5, 0.6) is 0 Å². The zero-order valence-corrected chi connectivity index (χ0v) is 10.8. The fourth-order valence-electron chi connectivity index (χ4n) is 2.18. The van der Waals surface area contributed by atoms with Crippen LogP contribution in [-0.4, -0.2) is 23.8 Å². The predicted molar refractivity (Wildman–Crippen MR) is 70.5 cm³/mol. The molecule has 96 valence electrons. The maximum absolute atomic E-state index is 12.1. The second-order valence-electron chi connectivity index (χ2n) is 4.61. The largest absolute Gasteiger partial charge is 0.281 e. The number of likely N-dealkylation sites (tertiary alicyclic amines) is 1. The van der Waals surface area contributed by atoms with E-state index >= 15 is 0 Å². The summed E-state index contributed by atoms with van der Waals surface area (Å²) in [6.45, 7) is 1.74. The van der Waals surface area contributed by atoms with Gasteiger partial charge in [-0.25, -0.2) is 0 Å². The average molecular weight is 254 g/mol. The summed E-state index contributed by atoms with van der Waals surface area (Å²) in [4.78, 5) is 25.0. The van der Waals surface area contributed by atoms with E-state index in [2.05, 4.69) is 0 Å². The molecule has 1 aromatic carbocycles. The number of hydrogen-bond donors (Lipinski definition) is 0. The topological polar surface area (TPSA) is 61.2 Å². The van der Waals surface area contributed by atoms with Crippen LogP contribution in [-0.2, 0) is 9.59 Å². The third kappa shape index (κ3) is 2.27. The Bertz CT molecular complexity index is 584. The molecule has 1 aliphatic rings. The van der Waals surface area contributed by atoms with Crippen molar-refractivity contribution in [2.75, 3.05) is 7.05 Å². The SMILES string of the molecule is CC1/C(=C\c2ccccc2)C(=O)N(C)C(=O)C1C#N. The number of nitriles is 1. The van der Waals surface area contributed by atoms with Crippen LogP contribution in [0.15, 0.2) is 35.9 Å². The monoisotopic (exact) mass is 254 g/mol. The summed E-state index contributed by atoms with van der Waals surface area (Å²) in [5.74, 6) is -1.93. The molecule has 1 aliphatic heterocycles. The van der Waals surface area contributed by atoms with Crippen molar-refractivity contribution in [2.45, 2.75) is 6.92 Å². The van der Waals surface area contributed by atoms with Gasteiger partial charge in [0.25, 0.3) is 5.91 Å². The van der Waals surface area contributed by atoms with E-state index in [0.717, 1.165) is 10.5 Å². The lowest BCUT2D eigenvalue weighted by Crippen LogP contribution is -2.47. The minimum atomic E-state index is -0.794. The number of carbonyl (C=O) groups excluding carboxylic acids is 2. The number of piperidine rings is 1. The predicted octanol–water partition coefficient (Wildman–Crippen LogP) is 1.84. The van der Waals surface area contributed by atoms with E-state index in [0.29, 0.717) is 5.57 Å². The first-order valence-corrected chi connectivity index (χ1v) is 6.04. The summed E-state index contributed by atoms with van der Waals surface area (Å²) < 4.78 is 0. The zero-order valence-electron chi connectivity index (χ0n) is 10.8. The van der Waals surface area contributed by atoms with Crippen LogP contribution in [0.1, 0.15) is 12.5 Å². The van der Waals surface area contributed by atoms with E-state index in [1.807, 2.05) is 36.4 Å². The van der Waals surface area contributed by atoms with E-state index < -0.39 is 11.8 Å². The highest BCUT2D eigenvalue weighted by atomic mass is 16.2. The fraction of sp³-hybridized carbons (Fsp3) is 0.267. The minimum Gasteiger partial charge on any atom is -0.281 e. The Morgan fingerprint density at radius 1 is 1.26 bits per heavy atom. The number of likely N-dealkylation sites (N-methyl/N-ethyl adjacent to an activating group) is 1. The highest BCUT2D eigenvalue weighted by Gasteiger charge is 2.40. The third-order valence-corrected chi connectivity index (χ3v) is 3.40. The van der Waals surface area contributed by atoms with Crippen molar-refractivity contribution in [1.82, 2.24) is 4.90 Å². The molecule has 1 fully saturated rings. The van der Waals surface area contributed by atoms with Gasteiger partial charge in [0.15, 0.2) is 0 Å². The maximum Gasteiger partial charge on any atom is 0.256 e. The summed E-state index contributed by atoms with van der Waals surface area (Å²) in [6.07, 6.45) is 1.75. The van der Waals surface area contributed by atoms with Gasteiger partial charge in [-0.1, -0.05) is 37.3 Å². The van der Waals surface area contributed by atoms with Gasteiger partial charge in [0.2, 0.25) is 5.91 Å². The normalized spacial score (nSPS) is 25.5. The number of hydrogen-bond acceptors (Lipinski definition) is 3. The van der Waals surface area contributed by atoms with Crippen LogP contribution in [0, 0.1) is 23.2 Å². The summed E-state index contributed by atoms with van der Waals surface area (Å²) in [6, 6.07) is 11.4. The lowest BCUT2D eigenvalue weighted by Gasteiger charge is -2.31. The third-order valence-electron chi connectivity index (χ3n) is 3.40. The van der Waals surface area contributed by atoms with E-state index in [9.17, 15) is 9.59 Å². The van der Waals surface area contributed by atoms with Crippen molar-refractivity contribution < 1.29 is 9.59 Å². The second kappa shape index (κ2) is 5.07. The van der Waals surface area contributed by atoms with Gasteiger partial charge in [-0.3, -0.25) is 14.5 Å². The first-order chi connectivity index (χ1) is 9.06. The quantitative estimate of drug-likeness (QED) is 0.567. The first-order valence-electron chi connectivity index (χ1n) is 6.04. The molecule has 0 radical (unpaired) electrons. The summed E-state index contributed by atoms with van der Waals surface area (Å²) in [5, 5.41) is 9.08. The van der Waals surface area contributed by atoms with Gasteiger partial charge >= 0.3 is 0 Å². The summed E-state index contributed by atoms with van der Waals surface area (Å²) in [5.41, 5.74) is 1.39. The van der Waals surface area contributed by atoms with Crippen LogP contribution >= 0.6 is 0 Å². The second-order valence-corrected chi connectivity index (χ2v) is 4.61. The average Bonchev–Trinajstić information content (AvgIpc) is 2.43. The van der Waals surface area contributed by atoms with Gasteiger partial charge in [0.1, 0.15) is 5.92 Å². The smallest absolute Gasteiger partial charge is 0.256 e. The molecule has 1 heterocycles. The lowest BCUT2D eigenvalue weighted by atomic mass is 9.82. The molecule has 19 heavy (non-hydrogen) atoms. The van der Waals surface area contributed by atoms with Gasteiger partial charge in [0, 0.05) is 18.5 Å². The number of benzene rings is 1. The standard InChI is InChI=1S/C15H14N2O2/c1-10-12(8-11-6-4-3-5-7-11)14(18)17(2)15(19)13(10)9-16/h3-8,10,13H,1-2H3/b12-8+. The van der Waals surface area contributed by atoms with Crippen molar-refractivity contribution in [3.8, 4) is 6.07 Å². The van der Waals surface area contributed by atoms with Crippen LogP contribution in [0.25, 0.3) is 6.08 Å². The molecule has 4 heteroatoms. The highest BCUT2D eigenvalue weighted by Crippen LogP contribution is 2.30. The molecule has 0 spiro atoms. The lowest BCUT2D eigenvalue weighted by molar-refractivity contribution is -0.146. The van der Waals surface area contributed by atoms with Gasteiger partial charge in [-0.05, 0) is 11.6 Å². The van der Waals surface area contributed by atoms with Crippen LogP contribution in [0.2, 0.25) is 0 Å². The Labute approximate surface area is 111 Å². The molecule has 0 N–H and O–H groups in total. The van der Waals surface area contributed by atoms with E-state index in [-0.39, 0.29) is 11.8 Å². The number of rotatable bonds is 1. The summed E-state index contributed by atoms with van der Waals surface area (Å²) in [7, 11) is 1.42. The number of amides is 2. The molecule has 1 saturated heterocycles. The molecule has 2 atom stereocenters. The van der Waals surface area contributed by atoms with Gasteiger partial charge < -0.3 is 0 Å². The fourth-order valence-corrected chi connectivity index (χ4v) is 2.18. The minimum absolute atomic E-state index is 0.326. The Morgan fingerprint density at radius 2 is 1.89 bits per heavy atom. The van der Waals surface area contributed by atoms with Gasteiger partial charge in [-0.15, -0.1) is 0 Å². The molecule has 0 saturated carbocycles. The molecule has 4 nitrogen and oxygen atoms in total. The van der Waals surface area contributed by atoms with Crippen molar-refractivity contribution in [2.24, 2.45) is 11.8 Å². The van der Waals surface area contributed by atoms with E-state index in [1.165, 1.54) is 7.05 Å².